The highest BCUT2D eigenvalue weighted by Crippen LogP contribution is 2.52. The van der Waals surface area contributed by atoms with E-state index in [2.05, 4.69) is 81.6 Å². The lowest BCUT2D eigenvalue weighted by atomic mass is 9.87. The van der Waals surface area contributed by atoms with Gasteiger partial charge in [-0.3, -0.25) is 14.6 Å². The molecule has 0 saturated carbocycles. The molecule has 10 rings (SSSR count). The Balaban J connectivity index is 1.01. The Morgan fingerprint density at radius 3 is 2.21 bits per heavy atom. The van der Waals surface area contributed by atoms with Gasteiger partial charge >= 0.3 is 0 Å². The van der Waals surface area contributed by atoms with Crippen molar-refractivity contribution in [2.75, 3.05) is 93.3 Å². The third-order valence-corrected chi connectivity index (χ3v) is 12.7. The number of ether oxygens (including phenoxy) is 7. The fourth-order valence-electron chi connectivity index (χ4n) is 9.15. The number of rotatable bonds is 10. The van der Waals surface area contributed by atoms with Gasteiger partial charge < -0.3 is 43.4 Å². The maximum Gasteiger partial charge on any atom is 0.274 e. The molecule has 5 aliphatic rings. The molecule has 1 fully saturated rings. The number of hydrogen-bond donors (Lipinski definition) is 1. The highest BCUT2D eigenvalue weighted by atomic mass is 16.5. The van der Waals surface area contributed by atoms with Gasteiger partial charge in [-0.1, -0.05) is 18.2 Å². The van der Waals surface area contributed by atoms with Gasteiger partial charge in [0.25, 0.3) is 5.91 Å². The van der Waals surface area contributed by atoms with Crippen LogP contribution in [0.1, 0.15) is 62.4 Å². The molecule has 5 aromatic rings. The van der Waals surface area contributed by atoms with Crippen LogP contribution in [0.4, 0.5) is 5.82 Å². The third-order valence-electron chi connectivity index (χ3n) is 12.7. The van der Waals surface area contributed by atoms with Crippen LogP contribution in [0, 0.1) is 0 Å². The van der Waals surface area contributed by atoms with Gasteiger partial charge in [0.15, 0.2) is 34.5 Å². The number of fused-ring (bicyclic) bond motifs is 2. The van der Waals surface area contributed by atoms with Gasteiger partial charge in [-0.2, -0.15) is 0 Å². The smallest absolute Gasteiger partial charge is 0.274 e. The first-order valence-corrected chi connectivity index (χ1v) is 21.8. The summed E-state index contributed by atoms with van der Waals surface area (Å²) in [7, 11) is 9.39. The van der Waals surface area contributed by atoms with Gasteiger partial charge in [-0.05, 0) is 116 Å². The standard InChI is InChI=1S/C49H56N6O8/c1-53-16-13-33-26-41(57-3)43-28-36(33)38(53)23-31-7-10-35(11-8-31)62-42-25-32(24-39-46-34(14-17-54(39)2)27-44(58-4)47(59-5)48(46)63-43)9-12-40(42)61-20-6-15-50-45-30-51-37(29-52-45)49(56)55-18-21-60-22-19-55/h7-12,25-30,38-39H,6,13-24H2,1-5H3,(H,50,52). The molecule has 1 saturated heterocycles. The van der Waals surface area contributed by atoms with Crippen molar-refractivity contribution < 1.29 is 38.0 Å². The predicted octanol–water partition coefficient (Wildman–Crippen LogP) is 7.30. The molecule has 14 heteroatoms. The van der Waals surface area contributed by atoms with Crippen molar-refractivity contribution in [1.29, 1.82) is 0 Å². The number of nitrogens with zero attached hydrogens (tertiary/aromatic N) is 5. The zero-order valence-corrected chi connectivity index (χ0v) is 36.8. The number of hydrogen-bond acceptors (Lipinski definition) is 13. The van der Waals surface area contributed by atoms with E-state index in [-0.39, 0.29) is 18.0 Å². The predicted molar refractivity (Wildman–Crippen MR) is 238 cm³/mol. The lowest BCUT2D eigenvalue weighted by Gasteiger charge is -2.37. The summed E-state index contributed by atoms with van der Waals surface area (Å²) >= 11 is 0. The van der Waals surface area contributed by atoms with E-state index >= 15 is 0 Å². The van der Waals surface area contributed by atoms with Crippen LogP contribution in [0.15, 0.2) is 73.1 Å². The van der Waals surface area contributed by atoms with Gasteiger partial charge in [0, 0.05) is 50.4 Å². The van der Waals surface area contributed by atoms with Gasteiger partial charge in [-0.15, -0.1) is 0 Å². The lowest BCUT2D eigenvalue weighted by molar-refractivity contribution is 0.0298. The van der Waals surface area contributed by atoms with Gasteiger partial charge in [0.1, 0.15) is 17.3 Å². The molecule has 2 atom stereocenters. The topological polar surface area (TPSA) is 129 Å². The largest absolute Gasteiger partial charge is 0.493 e. The molecule has 6 bridgehead atoms. The summed E-state index contributed by atoms with van der Waals surface area (Å²) in [5, 5.41) is 3.30. The zero-order valence-electron chi connectivity index (χ0n) is 36.8. The Morgan fingerprint density at radius 1 is 0.746 bits per heavy atom. The maximum absolute atomic E-state index is 12.8. The molecule has 2 unspecified atom stereocenters. The molecule has 4 aromatic carbocycles. The molecular weight excluding hydrogens is 801 g/mol. The molecule has 6 heterocycles. The third kappa shape index (κ3) is 8.93. The summed E-state index contributed by atoms with van der Waals surface area (Å²) in [6.07, 6.45) is 7.02. The van der Waals surface area contributed by atoms with Crippen LogP contribution in [0.5, 0.6) is 46.0 Å². The maximum atomic E-state index is 12.8. The van der Waals surface area contributed by atoms with E-state index in [0.717, 1.165) is 54.8 Å². The molecule has 0 radical (unpaired) electrons. The monoisotopic (exact) mass is 856 g/mol. The molecule has 330 valence electrons. The van der Waals surface area contributed by atoms with Crippen LogP contribution in [-0.2, 0) is 30.4 Å². The normalized spacial score (nSPS) is 18.5. The second-order valence-electron chi connectivity index (χ2n) is 16.6. The molecule has 63 heavy (non-hydrogen) atoms. The summed E-state index contributed by atoms with van der Waals surface area (Å²) in [5.74, 6) is 5.61. The summed E-state index contributed by atoms with van der Waals surface area (Å²) in [4.78, 5) is 28.1. The zero-order chi connectivity index (χ0) is 43.5. The number of aromatic nitrogens is 2. The van der Waals surface area contributed by atoms with E-state index in [4.69, 9.17) is 33.2 Å². The molecule has 1 aromatic heterocycles. The van der Waals surface area contributed by atoms with Gasteiger partial charge in [-0.25, -0.2) is 9.97 Å². The van der Waals surface area contributed by atoms with Crippen molar-refractivity contribution in [3.8, 4) is 46.0 Å². The van der Waals surface area contributed by atoms with Crippen molar-refractivity contribution in [2.45, 2.75) is 44.2 Å². The number of anilines is 1. The van der Waals surface area contributed by atoms with Crippen molar-refractivity contribution in [2.24, 2.45) is 0 Å². The van der Waals surface area contributed by atoms with Gasteiger partial charge in [0.2, 0.25) is 5.75 Å². The number of morpholine rings is 1. The number of carbonyl (C=O) groups is 1. The quantitative estimate of drug-likeness (QED) is 0.141. The highest BCUT2D eigenvalue weighted by molar-refractivity contribution is 5.92. The van der Waals surface area contributed by atoms with Crippen LogP contribution >= 0.6 is 0 Å². The fourth-order valence-corrected chi connectivity index (χ4v) is 9.15. The highest BCUT2D eigenvalue weighted by Gasteiger charge is 2.35. The summed E-state index contributed by atoms with van der Waals surface area (Å²) < 4.78 is 43.7. The molecule has 5 aliphatic heterocycles. The van der Waals surface area contributed by atoms with Crippen molar-refractivity contribution >= 4 is 11.7 Å². The van der Waals surface area contributed by atoms with Crippen LogP contribution in [0.3, 0.4) is 0 Å². The summed E-state index contributed by atoms with van der Waals surface area (Å²) in [6, 6.07) is 21.1. The minimum absolute atomic E-state index is 0.0652. The Labute approximate surface area is 369 Å². The lowest BCUT2D eigenvalue weighted by Crippen LogP contribution is -2.41. The number of amides is 1. The van der Waals surface area contributed by atoms with Crippen LogP contribution in [0.25, 0.3) is 0 Å². The van der Waals surface area contributed by atoms with Crippen molar-refractivity contribution in [3.05, 3.63) is 112 Å². The number of likely N-dealkylation sites (N-methyl/N-ethyl adjacent to an activating group) is 2. The van der Waals surface area contributed by atoms with Gasteiger partial charge in [0.05, 0.1) is 53.5 Å². The SMILES string of the molecule is COc1cc2c3cc1Oc1c(OC)c(OC)cc4c1C(Cc1ccc(OCCCNc5cnc(C(=O)N6CCOCC6)cn5)c(c1)Oc1ccc(cc1)CC3N(C)CC2)N(C)CC4. The second-order valence-corrected chi connectivity index (χ2v) is 16.6. The first-order valence-electron chi connectivity index (χ1n) is 21.8. The van der Waals surface area contributed by atoms with Crippen molar-refractivity contribution in [1.82, 2.24) is 24.7 Å². The van der Waals surface area contributed by atoms with E-state index < -0.39 is 0 Å². The molecule has 0 aliphatic carbocycles. The van der Waals surface area contributed by atoms with E-state index in [1.165, 1.54) is 22.9 Å². The first kappa shape index (κ1) is 42.2. The van der Waals surface area contributed by atoms with E-state index in [9.17, 15) is 4.79 Å². The second kappa shape index (κ2) is 18.7. The van der Waals surface area contributed by atoms with Crippen molar-refractivity contribution in [3.63, 3.8) is 0 Å². The Kier molecular flexibility index (Phi) is 12.5. The van der Waals surface area contributed by atoms with Crippen LogP contribution < -0.4 is 33.7 Å². The Hall–Kier alpha value is -6.09. The average molecular weight is 857 g/mol. The first-order chi connectivity index (χ1) is 30.8. The number of benzene rings is 4. The van der Waals surface area contributed by atoms with E-state index in [1.54, 1.807) is 32.4 Å². The molecular formula is C49H56N6O8. The fraction of sp³-hybridized carbons (Fsp3) is 0.408. The van der Waals surface area contributed by atoms with Crippen LogP contribution in [0.2, 0.25) is 0 Å². The Morgan fingerprint density at radius 2 is 1.46 bits per heavy atom. The van der Waals surface area contributed by atoms with E-state index in [1.807, 2.05) is 18.2 Å². The summed E-state index contributed by atoms with van der Waals surface area (Å²) in [5.41, 5.74) is 7.29. The molecule has 14 nitrogen and oxygen atoms in total. The Bertz CT molecular complexity index is 2420. The van der Waals surface area contributed by atoms with Crippen LogP contribution in [-0.4, -0.2) is 119 Å². The molecule has 1 amide bonds. The molecule has 0 spiro atoms. The van der Waals surface area contributed by atoms with E-state index in [0.29, 0.717) is 104 Å². The number of nitrogens with one attached hydrogen (secondary N) is 1. The number of carbonyl (C=O) groups excluding carboxylic acids is 1. The summed E-state index contributed by atoms with van der Waals surface area (Å²) in [6.45, 7) is 5.01. The number of methoxy groups -OCH3 is 3. The molecule has 1 N–H and O–H groups in total. The minimum Gasteiger partial charge on any atom is -0.493 e. The average Bonchev–Trinajstić information content (AvgIpc) is 3.31. The minimum atomic E-state index is -0.132.